The minimum absolute atomic E-state index is 0.0950. The first-order valence-corrected chi connectivity index (χ1v) is 5.99. The predicted molar refractivity (Wildman–Crippen MR) is 64.6 cm³/mol. The Morgan fingerprint density at radius 2 is 1.75 bits per heavy atom. The summed E-state index contributed by atoms with van der Waals surface area (Å²) in [6.45, 7) is 4.73. The van der Waals surface area contributed by atoms with Gasteiger partial charge in [-0.2, -0.15) is 0 Å². The molecule has 1 aromatic rings. The van der Waals surface area contributed by atoms with Crippen molar-refractivity contribution >= 4 is 23.2 Å². The Bertz CT molecular complexity index is 355. The van der Waals surface area contributed by atoms with E-state index in [2.05, 4.69) is 10.2 Å². The smallest absolute Gasteiger partial charge is 0.160 e. The molecule has 1 fully saturated rings. The standard InChI is InChI=1S/C11H13Cl2FN2/c12-9-5-8(6-10(13)11(9)14)7-16-3-1-15-2-4-16/h5-6,15H,1-4,7H2. The Balaban J connectivity index is 2.09. The molecule has 1 aliphatic rings. The van der Waals surface area contributed by atoms with Gasteiger partial charge in [0.15, 0.2) is 5.82 Å². The van der Waals surface area contributed by atoms with Gasteiger partial charge in [0, 0.05) is 32.7 Å². The molecule has 2 rings (SSSR count). The van der Waals surface area contributed by atoms with Crippen LogP contribution in [0.2, 0.25) is 10.0 Å². The van der Waals surface area contributed by atoms with Crippen molar-refractivity contribution in [1.82, 2.24) is 10.2 Å². The van der Waals surface area contributed by atoms with Crippen LogP contribution < -0.4 is 5.32 Å². The summed E-state index contributed by atoms with van der Waals surface area (Å²) in [7, 11) is 0. The van der Waals surface area contributed by atoms with Crippen LogP contribution in [0.4, 0.5) is 4.39 Å². The average Bonchev–Trinajstić information content (AvgIpc) is 2.27. The second kappa shape index (κ2) is 5.32. The molecule has 0 unspecified atom stereocenters. The van der Waals surface area contributed by atoms with E-state index in [1.54, 1.807) is 12.1 Å². The van der Waals surface area contributed by atoms with Crippen LogP contribution in [-0.2, 0) is 6.54 Å². The quantitative estimate of drug-likeness (QED) is 0.825. The number of nitrogens with zero attached hydrogens (tertiary/aromatic N) is 1. The van der Waals surface area contributed by atoms with E-state index in [0.29, 0.717) is 0 Å². The zero-order chi connectivity index (χ0) is 11.5. The van der Waals surface area contributed by atoms with Gasteiger partial charge in [-0.05, 0) is 17.7 Å². The SMILES string of the molecule is Fc1c(Cl)cc(CN2CCNCC2)cc1Cl. The van der Waals surface area contributed by atoms with E-state index in [0.717, 1.165) is 38.3 Å². The second-order valence-electron chi connectivity index (χ2n) is 3.90. The lowest BCUT2D eigenvalue weighted by Crippen LogP contribution is -2.42. The van der Waals surface area contributed by atoms with Gasteiger partial charge in [0.05, 0.1) is 10.0 Å². The van der Waals surface area contributed by atoms with E-state index in [1.807, 2.05) is 0 Å². The van der Waals surface area contributed by atoms with Crippen LogP contribution in [0.25, 0.3) is 0 Å². The third kappa shape index (κ3) is 2.86. The molecule has 0 spiro atoms. The molecule has 1 N–H and O–H groups in total. The van der Waals surface area contributed by atoms with Gasteiger partial charge in [-0.3, -0.25) is 4.90 Å². The molecule has 16 heavy (non-hydrogen) atoms. The fraction of sp³-hybridized carbons (Fsp3) is 0.455. The highest BCUT2D eigenvalue weighted by molar-refractivity contribution is 6.34. The second-order valence-corrected chi connectivity index (χ2v) is 4.71. The summed E-state index contributed by atoms with van der Waals surface area (Å²) in [4.78, 5) is 2.29. The maximum Gasteiger partial charge on any atom is 0.160 e. The van der Waals surface area contributed by atoms with Gasteiger partial charge >= 0.3 is 0 Å². The van der Waals surface area contributed by atoms with Gasteiger partial charge in [0.2, 0.25) is 0 Å². The number of hydrogen-bond donors (Lipinski definition) is 1. The van der Waals surface area contributed by atoms with Gasteiger partial charge < -0.3 is 5.32 Å². The normalized spacial score (nSPS) is 17.7. The number of rotatable bonds is 2. The zero-order valence-electron chi connectivity index (χ0n) is 8.77. The lowest BCUT2D eigenvalue weighted by atomic mass is 10.2. The number of benzene rings is 1. The van der Waals surface area contributed by atoms with Crippen molar-refractivity contribution in [3.05, 3.63) is 33.6 Å². The summed E-state index contributed by atoms with van der Waals surface area (Å²) >= 11 is 11.5. The molecular formula is C11H13Cl2FN2. The maximum atomic E-state index is 13.2. The molecule has 5 heteroatoms. The monoisotopic (exact) mass is 262 g/mol. The van der Waals surface area contributed by atoms with Crippen molar-refractivity contribution < 1.29 is 4.39 Å². The summed E-state index contributed by atoms with van der Waals surface area (Å²) in [5.41, 5.74) is 0.957. The minimum Gasteiger partial charge on any atom is -0.314 e. The third-order valence-corrected chi connectivity index (χ3v) is 3.21. The number of halogens is 3. The highest BCUT2D eigenvalue weighted by atomic mass is 35.5. The molecule has 88 valence electrons. The minimum atomic E-state index is -0.535. The molecule has 0 bridgehead atoms. The molecule has 0 atom stereocenters. The van der Waals surface area contributed by atoms with E-state index in [4.69, 9.17) is 23.2 Å². The molecule has 1 heterocycles. The largest absolute Gasteiger partial charge is 0.314 e. The predicted octanol–water partition coefficient (Wildman–Crippen LogP) is 2.54. The topological polar surface area (TPSA) is 15.3 Å². The van der Waals surface area contributed by atoms with Crippen molar-refractivity contribution in [2.24, 2.45) is 0 Å². The van der Waals surface area contributed by atoms with Crippen molar-refractivity contribution in [2.45, 2.75) is 6.54 Å². The van der Waals surface area contributed by atoms with Crippen LogP contribution in [-0.4, -0.2) is 31.1 Å². The summed E-state index contributed by atoms with van der Waals surface area (Å²) < 4.78 is 13.2. The first-order chi connectivity index (χ1) is 7.66. The molecular weight excluding hydrogens is 250 g/mol. The van der Waals surface area contributed by atoms with Gasteiger partial charge in [-0.1, -0.05) is 23.2 Å². The fourth-order valence-corrected chi connectivity index (χ4v) is 2.36. The van der Waals surface area contributed by atoms with Gasteiger partial charge in [-0.25, -0.2) is 4.39 Å². The van der Waals surface area contributed by atoms with Crippen LogP contribution in [0.3, 0.4) is 0 Å². The van der Waals surface area contributed by atoms with Gasteiger partial charge in [-0.15, -0.1) is 0 Å². The van der Waals surface area contributed by atoms with Crippen LogP contribution in [0.1, 0.15) is 5.56 Å². The fourth-order valence-electron chi connectivity index (χ4n) is 1.83. The van der Waals surface area contributed by atoms with Crippen LogP contribution in [0, 0.1) is 5.82 Å². The molecule has 1 aliphatic heterocycles. The molecule has 1 aromatic carbocycles. The molecule has 0 aliphatic carbocycles. The summed E-state index contributed by atoms with van der Waals surface area (Å²) in [5, 5.41) is 3.47. The van der Waals surface area contributed by atoms with Crippen molar-refractivity contribution in [3.8, 4) is 0 Å². The van der Waals surface area contributed by atoms with Crippen LogP contribution in [0.5, 0.6) is 0 Å². The Morgan fingerprint density at radius 1 is 1.19 bits per heavy atom. The van der Waals surface area contributed by atoms with E-state index < -0.39 is 5.82 Å². The number of hydrogen-bond acceptors (Lipinski definition) is 2. The summed E-state index contributed by atoms with van der Waals surface area (Å²) in [5.74, 6) is -0.535. The molecule has 0 aromatic heterocycles. The lowest BCUT2D eigenvalue weighted by molar-refractivity contribution is 0.233. The number of nitrogens with one attached hydrogen (secondary N) is 1. The highest BCUT2D eigenvalue weighted by Gasteiger charge is 2.12. The van der Waals surface area contributed by atoms with Crippen LogP contribution >= 0.6 is 23.2 Å². The Morgan fingerprint density at radius 3 is 2.31 bits per heavy atom. The first-order valence-electron chi connectivity index (χ1n) is 5.23. The van der Waals surface area contributed by atoms with Crippen molar-refractivity contribution in [3.63, 3.8) is 0 Å². The van der Waals surface area contributed by atoms with Gasteiger partial charge in [0.1, 0.15) is 0 Å². The first kappa shape index (κ1) is 12.1. The molecule has 2 nitrogen and oxygen atoms in total. The maximum absolute atomic E-state index is 13.2. The van der Waals surface area contributed by atoms with E-state index in [9.17, 15) is 4.39 Å². The molecule has 0 radical (unpaired) electrons. The third-order valence-electron chi connectivity index (χ3n) is 2.66. The Labute approximate surface area is 104 Å². The zero-order valence-corrected chi connectivity index (χ0v) is 10.3. The van der Waals surface area contributed by atoms with Crippen molar-refractivity contribution in [1.29, 1.82) is 0 Å². The van der Waals surface area contributed by atoms with Crippen molar-refractivity contribution in [2.75, 3.05) is 26.2 Å². The van der Waals surface area contributed by atoms with Gasteiger partial charge in [0.25, 0.3) is 0 Å². The molecule has 0 amide bonds. The Hall–Kier alpha value is -0.350. The summed E-state index contributed by atoms with van der Waals surface area (Å²) in [6.07, 6.45) is 0. The average molecular weight is 263 g/mol. The summed E-state index contributed by atoms with van der Waals surface area (Å²) in [6, 6.07) is 3.29. The van der Waals surface area contributed by atoms with Crippen LogP contribution in [0.15, 0.2) is 12.1 Å². The molecule has 0 saturated carbocycles. The highest BCUT2D eigenvalue weighted by Crippen LogP contribution is 2.25. The van der Waals surface area contributed by atoms with E-state index in [-0.39, 0.29) is 10.0 Å². The lowest BCUT2D eigenvalue weighted by Gasteiger charge is -2.27. The Kier molecular flexibility index (Phi) is 4.03. The van der Waals surface area contributed by atoms with E-state index in [1.165, 1.54) is 0 Å². The van der Waals surface area contributed by atoms with E-state index >= 15 is 0 Å². The number of piperazine rings is 1. The molecule has 1 saturated heterocycles.